The van der Waals surface area contributed by atoms with Gasteiger partial charge in [0.05, 0.1) is 23.3 Å². The highest BCUT2D eigenvalue weighted by Crippen LogP contribution is 2.34. The molecule has 0 aliphatic heterocycles. The van der Waals surface area contributed by atoms with Gasteiger partial charge >= 0.3 is 6.18 Å². The Hall–Kier alpha value is -4.42. The van der Waals surface area contributed by atoms with Crippen molar-refractivity contribution >= 4 is 16.9 Å². The van der Waals surface area contributed by atoms with Crippen LogP contribution < -0.4 is 5.73 Å². The lowest BCUT2D eigenvalue weighted by atomic mass is 10.1. The maximum absolute atomic E-state index is 12.9. The summed E-state index contributed by atoms with van der Waals surface area (Å²) in [5.74, 6) is -1.11. The summed E-state index contributed by atoms with van der Waals surface area (Å²) < 4.78 is 42.0. The van der Waals surface area contributed by atoms with Crippen molar-refractivity contribution in [1.82, 2.24) is 44.7 Å². The number of anilines is 1. The first-order valence-electron chi connectivity index (χ1n) is 10.2. The fraction of sp³-hybridized carbons (Fsp3) is 0.190. The second-order valence-electron chi connectivity index (χ2n) is 7.39. The first-order valence-corrected chi connectivity index (χ1v) is 10.2. The molecule has 5 rings (SSSR count). The Labute approximate surface area is 190 Å². The van der Waals surface area contributed by atoms with Crippen molar-refractivity contribution in [1.29, 1.82) is 0 Å². The Morgan fingerprint density at radius 3 is 2.44 bits per heavy atom. The minimum Gasteiger partial charge on any atom is -0.383 e. The summed E-state index contributed by atoms with van der Waals surface area (Å²) >= 11 is 0. The van der Waals surface area contributed by atoms with Gasteiger partial charge in [0.1, 0.15) is 23.5 Å². The molecule has 172 valence electrons. The third kappa shape index (κ3) is 3.70. The van der Waals surface area contributed by atoms with Gasteiger partial charge in [0.25, 0.3) is 0 Å². The molecule has 0 saturated heterocycles. The summed E-state index contributed by atoms with van der Waals surface area (Å²) in [7, 11) is 0. The molecule has 2 N–H and O–H groups in total. The van der Waals surface area contributed by atoms with Gasteiger partial charge in [-0.2, -0.15) is 18.3 Å². The second kappa shape index (κ2) is 8.17. The molecule has 34 heavy (non-hydrogen) atoms. The van der Waals surface area contributed by atoms with Gasteiger partial charge in [-0.25, -0.2) is 29.3 Å². The van der Waals surface area contributed by atoms with Crippen molar-refractivity contribution in [2.24, 2.45) is 0 Å². The number of alkyl halides is 3. The average molecular weight is 466 g/mol. The van der Waals surface area contributed by atoms with Crippen LogP contribution in [0.15, 0.2) is 55.2 Å². The van der Waals surface area contributed by atoms with E-state index in [4.69, 9.17) is 5.73 Å². The predicted molar refractivity (Wildman–Crippen MR) is 116 cm³/mol. The minimum atomic E-state index is -4.65. The van der Waals surface area contributed by atoms with Gasteiger partial charge in [0, 0.05) is 18.0 Å². The molecular weight excluding hydrogens is 449 g/mol. The van der Waals surface area contributed by atoms with Crippen molar-refractivity contribution in [2.75, 3.05) is 5.73 Å². The van der Waals surface area contributed by atoms with E-state index in [1.807, 2.05) is 37.3 Å². The molecule has 0 aliphatic carbocycles. The summed E-state index contributed by atoms with van der Waals surface area (Å²) in [6, 6.07) is 9.13. The SMILES string of the molecule is CCC(c1cn(-c2ccccc2)nn1)n1nc(-c2cnc(C(F)(F)F)nc2)c2c(N)ncnc21. The van der Waals surface area contributed by atoms with Crippen LogP contribution in [0.2, 0.25) is 0 Å². The molecule has 4 aromatic heterocycles. The van der Waals surface area contributed by atoms with Gasteiger partial charge in [0.15, 0.2) is 5.65 Å². The van der Waals surface area contributed by atoms with Crippen LogP contribution >= 0.6 is 0 Å². The quantitative estimate of drug-likeness (QED) is 0.417. The first kappa shape index (κ1) is 21.4. The van der Waals surface area contributed by atoms with E-state index in [2.05, 4.69) is 35.3 Å². The molecular formula is C21H17F3N10. The zero-order valence-corrected chi connectivity index (χ0v) is 17.7. The summed E-state index contributed by atoms with van der Waals surface area (Å²) in [5.41, 5.74) is 8.51. The van der Waals surface area contributed by atoms with Gasteiger partial charge in [0.2, 0.25) is 5.82 Å². The molecule has 0 fully saturated rings. The Balaban J connectivity index is 1.62. The molecule has 1 aromatic carbocycles. The molecule has 0 aliphatic rings. The molecule has 1 atom stereocenters. The smallest absolute Gasteiger partial charge is 0.383 e. The Bertz CT molecular complexity index is 1440. The minimum absolute atomic E-state index is 0.133. The van der Waals surface area contributed by atoms with Crippen molar-refractivity contribution in [3.8, 4) is 16.9 Å². The molecule has 1 unspecified atom stereocenters. The maximum atomic E-state index is 12.9. The number of hydrogen-bond donors (Lipinski definition) is 1. The van der Waals surface area contributed by atoms with Crippen molar-refractivity contribution in [3.63, 3.8) is 0 Å². The molecule has 4 heterocycles. The van der Waals surface area contributed by atoms with Gasteiger partial charge in [-0.05, 0) is 18.6 Å². The molecule has 5 aromatic rings. The van der Waals surface area contributed by atoms with Crippen LogP contribution in [-0.4, -0.2) is 44.7 Å². The van der Waals surface area contributed by atoms with Crippen LogP contribution in [0.5, 0.6) is 0 Å². The van der Waals surface area contributed by atoms with Crippen molar-refractivity contribution in [2.45, 2.75) is 25.6 Å². The Kier molecular flexibility index (Phi) is 5.15. The third-order valence-corrected chi connectivity index (χ3v) is 5.25. The molecule has 13 heteroatoms. The van der Waals surface area contributed by atoms with Crippen molar-refractivity contribution in [3.05, 3.63) is 66.8 Å². The lowest BCUT2D eigenvalue weighted by molar-refractivity contribution is -0.144. The summed E-state index contributed by atoms with van der Waals surface area (Å²) in [4.78, 5) is 15.2. The highest BCUT2D eigenvalue weighted by atomic mass is 19.4. The lowest BCUT2D eigenvalue weighted by Gasteiger charge is -2.13. The third-order valence-electron chi connectivity index (χ3n) is 5.25. The molecule has 0 saturated carbocycles. The number of nitrogens with two attached hydrogens (primary N) is 1. The number of fused-ring (bicyclic) bond motifs is 1. The monoisotopic (exact) mass is 466 g/mol. The molecule has 0 spiro atoms. The van der Waals surface area contributed by atoms with Gasteiger partial charge in [-0.15, -0.1) is 5.10 Å². The number of halogens is 3. The average Bonchev–Trinajstić information content (AvgIpc) is 3.47. The van der Waals surface area contributed by atoms with E-state index in [0.717, 1.165) is 18.1 Å². The first-order chi connectivity index (χ1) is 16.4. The largest absolute Gasteiger partial charge is 0.451 e. The van der Waals surface area contributed by atoms with Gasteiger partial charge in [-0.3, -0.25) is 0 Å². The number of nitrogen functional groups attached to an aromatic ring is 1. The summed E-state index contributed by atoms with van der Waals surface area (Å²) in [5, 5.41) is 13.6. The second-order valence-corrected chi connectivity index (χ2v) is 7.39. The van der Waals surface area contributed by atoms with E-state index < -0.39 is 12.0 Å². The number of nitrogens with zero attached hydrogens (tertiary/aromatic N) is 9. The lowest BCUT2D eigenvalue weighted by Crippen LogP contribution is -2.13. The Morgan fingerprint density at radius 2 is 1.76 bits per heavy atom. The van der Waals surface area contributed by atoms with Crippen LogP contribution in [0, 0.1) is 0 Å². The highest BCUT2D eigenvalue weighted by Gasteiger charge is 2.34. The zero-order chi connectivity index (χ0) is 23.9. The molecule has 10 nitrogen and oxygen atoms in total. The molecule has 0 radical (unpaired) electrons. The van der Waals surface area contributed by atoms with Crippen molar-refractivity contribution < 1.29 is 13.2 Å². The predicted octanol–water partition coefficient (Wildman–Crippen LogP) is 3.46. The van der Waals surface area contributed by atoms with Gasteiger partial charge < -0.3 is 5.73 Å². The number of aromatic nitrogens is 9. The number of para-hydroxylation sites is 1. The normalized spacial score (nSPS) is 12.8. The van der Waals surface area contributed by atoms with Crippen LogP contribution in [0.25, 0.3) is 28.0 Å². The van der Waals surface area contributed by atoms with Crippen LogP contribution in [0.3, 0.4) is 0 Å². The van der Waals surface area contributed by atoms with Gasteiger partial charge in [-0.1, -0.05) is 30.3 Å². The fourth-order valence-corrected chi connectivity index (χ4v) is 3.66. The van der Waals surface area contributed by atoms with Crippen LogP contribution in [0.4, 0.5) is 19.0 Å². The van der Waals surface area contributed by atoms with E-state index in [1.54, 1.807) is 15.6 Å². The topological polar surface area (TPSA) is 126 Å². The van der Waals surface area contributed by atoms with E-state index >= 15 is 0 Å². The number of rotatable bonds is 5. The molecule has 0 amide bonds. The summed E-state index contributed by atoms with van der Waals surface area (Å²) in [6.07, 6.45) is 1.14. The van der Waals surface area contributed by atoms with E-state index in [1.165, 1.54) is 6.33 Å². The zero-order valence-electron chi connectivity index (χ0n) is 17.7. The number of benzene rings is 1. The maximum Gasteiger partial charge on any atom is 0.451 e. The molecule has 0 bridgehead atoms. The van der Waals surface area contributed by atoms with E-state index in [-0.39, 0.29) is 23.1 Å². The number of hydrogen-bond acceptors (Lipinski definition) is 8. The standard InChI is InChI=1S/C21H17F3N10/c1-2-15(14-10-33(32-30-14)13-6-4-3-5-7-13)34-19-16(18(25)28-11-29-19)17(31-34)12-8-26-20(27-9-12)21(22,23)24/h3-11,15H,2H2,1H3,(H2,25,28,29). The van der Waals surface area contributed by atoms with Crippen LogP contribution in [-0.2, 0) is 6.18 Å². The van der Waals surface area contributed by atoms with E-state index in [0.29, 0.717) is 23.1 Å². The Morgan fingerprint density at radius 1 is 1.03 bits per heavy atom. The van der Waals surface area contributed by atoms with E-state index in [9.17, 15) is 13.2 Å². The fourth-order valence-electron chi connectivity index (χ4n) is 3.66. The summed E-state index contributed by atoms with van der Waals surface area (Å²) in [6.45, 7) is 1.95. The highest BCUT2D eigenvalue weighted by molar-refractivity contribution is 5.98. The van der Waals surface area contributed by atoms with Crippen LogP contribution in [0.1, 0.15) is 30.9 Å².